The molecule has 9 nitrogen and oxygen atoms in total. The quantitative estimate of drug-likeness (QED) is 0.142. The van der Waals surface area contributed by atoms with Crippen LogP contribution in [0.4, 0.5) is 18.0 Å². The summed E-state index contributed by atoms with van der Waals surface area (Å²) in [6.07, 6.45) is -0.549. The molecule has 0 saturated heterocycles. The van der Waals surface area contributed by atoms with Crippen molar-refractivity contribution in [1.82, 2.24) is 10.6 Å². The summed E-state index contributed by atoms with van der Waals surface area (Å²) in [7, 11) is 0. The lowest BCUT2D eigenvalue weighted by Crippen LogP contribution is -2.36. The Kier molecular flexibility index (Phi) is 10.3. The fraction of sp³-hybridized carbons (Fsp3) is 0.364. The molecule has 240 valence electrons. The number of amides is 2. The molecule has 1 aliphatic carbocycles. The number of halogens is 3. The zero-order valence-corrected chi connectivity index (χ0v) is 25.3. The number of carbonyl (C=O) groups excluding carboxylic acids is 2. The lowest BCUT2D eigenvalue weighted by atomic mass is 9.95. The Hall–Kier alpha value is -4.74. The van der Waals surface area contributed by atoms with Gasteiger partial charge in [0.1, 0.15) is 34.4 Å². The molecule has 0 aromatic heterocycles. The summed E-state index contributed by atoms with van der Waals surface area (Å²) in [5.41, 5.74) is 4.47. The van der Waals surface area contributed by atoms with Crippen LogP contribution in [0.15, 0.2) is 60.7 Å². The molecule has 2 amide bonds. The lowest BCUT2D eigenvalue weighted by Gasteiger charge is -2.23. The minimum absolute atomic E-state index is 0.00187. The second kappa shape index (κ2) is 13.9. The Morgan fingerprint density at radius 2 is 1.51 bits per heavy atom. The Morgan fingerprint density at radius 3 is 2.11 bits per heavy atom. The van der Waals surface area contributed by atoms with E-state index in [2.05, 4.69) is 10.6 Å². The number of nitrogens with one attached hydrogen (secondary N) is 3. The van der Waals surface area contributed by atoms with E-state index in [9.17, 15) is 22.8 Å². The van der Waals surface area contributed by atoms with Crippen LogP contribution < -0.4 is 25.8 Å². The number of hydrogen-bond donors (Lipinski definition) is 4. The van der Waals surface area contributed by atoms with Crippen molar-refractivity contribution in [3.05, 3.63) is 82.9 Å². The number of amidine groups is 1. The summed E-state index contributed by atoms with van der Waals surface area (Å²) in [6.45, 7) is 5.52. The number of rotatable bonds is 9. The predicted octanol–water partition coefficient (Wildman–Crippen LogP) is 7.66. The maximum absolute atomic E-state index is 13.9. The minimum Gasteiger partial charge on any atom is -0.457 e. The Labute approximate surface area is 259 Å². The van der Waals surface area contributed by atoms with E-state index in [1.54, 1.807) is 45.0 Å². The van der Waals surface area contributed by atoms with Gasteiger partial charge in [0.05, 0.1) is 5.56 Å². The zero-order valence-electron chi connectivity index (χ0n) is 25.3. The SMILES string of the molecule is CC(C)(C)OC(=O)NCc1ccc(Oc2cc(Oc3ccc(C(=N)N)cc3C(F)(F)F)cc(C(=O)NC3CCCCC3)c2)cc1. The molecule has 0 radical (unpaired) electrons. The van der Waals surface area contributed by atoms with Crippen molar-refractivity contribution in [1.29, 1.82) is 5.41 Å². The highest BCUT2D eigenvalue weighted by Crippen LogP contribution is 2.40. The van der Waals surface area contributed by atoms with Crippen molar-refractivity contribution in [3.63, 3.8) is 0 Å². The molecule has 3 aromatic carbocycles. The van der Waals surface area contributed by atoms with Gasteiger partial charge in [0.2, 0.25) is 0 Å². The van der Waals surface area contributed by atoms with E-state index in [1.807, 2.05) is 0 Å². The van der Waals surface area contributed by atoms with Crippen molar-refractivity contribution >= 4 is 17.8 Å². The number of alkyl carbamates (subject to hydrolysis) is 1. The van der Waals surface area contributed by atoms with Crippen molar-refractivity contribution in [2.75, 3.05) is 0 Å². The molecule has 0 heterocycles. The summed E-state index contributed by atoms with van der Waals surface area (Å²) in [5.74, 6) is -0.950. The first-order valence-electron chi connectivity index (χ1n) is 14.6. The molecule has 0 unspecified atom stereocenters. The monoisotopic (exact) mass is 626 g/mol. The standard InChI is InChI=1S/C33H37F3N4O5/c1-32(2,3)45-31(42)39-19-20-9-12-24(13-10-20)43-25-15-22(30(41)40-23-7-5-4-6-8-23)16-26(18-25)44-28-14-11-21(29(37)38)17-27(28)33(34,35)36/h9-18,23H,4-8,19H2,1-3H3,(H3,37,38)(H,39,42)(H,40,41). The third-order valence-electron chi connectivity index (χ3n) is 6.90. The van der Waals surface area contributed by atoms with Crippen molar-refractivity contribution in [2.24, 2.45) is 5.73 Å². The van der Waals surface area contributed by atoms with Gasteiger partial charge in [-0.15, -0.1) is 0 Å². The van der Waals surface area contributed by atoms with Gasteiger partial charge in [-0.05, 0) is 81.6 Å². The van der Waals surface area contributed by atoms with Gasteiger partial charge in [0, 0.05) is 29.8 Å². The highest BCUT2D eigenvalue weighted by atomic mass is 19.4. The molecule has 5 N–H and O–H groups in total. The highest BCUT2D eigenvalue weighted by molar-refractivity contribution is 5.96. The van der Waals surface area contributed by atoms with Crippen LogP contribution in [-0.2, 0) is 17.5 Å². The molecular weight excluding hydrogens is 589 g/mol. The van der Waals surface area contributed by atoms with E-state index in [1.165, 1.54) is 24.3 Å². The lowest BCUT2D eigenvalue weighted by molar-refractivity contribution is -0.138. The Bertz CT molecular complexity index is 1530. The van der Waals surface area contributed by atoms with E-state index in [4.69, 9.17) is 25.4 Å². The Morgan fingerprint density at radius 1 is 0.867 bits per heavy atom. The smallest absolute Gasteiger partial charge is 0.420 e. The third-order valence-corrected chi connectivity index (χ3v) is 6.90. The van der Waals surface area contributed by atoms with Crippen LogP contribution >= 0.6 is 0 Å². The van der Waals surface area contributed by atoms with E-state index in [-0.39, 0.29) is 35.2 Å². The van der Waals surface area contributed by atoms with Crippen LogP contribution in [0, 0.1) is 5.41 Å². The van der Waals surface area contributed by atoms with Gasteiger partial charge < -0.3 is 30.6 Å². The molecule has 1 saturated carbocycles. The first kappa shape index (κ1) is 33.2. The summed E-state index contributed by atoms with van der Waals surface area (Å²) in [5, 5.41) is 13.2. The molecule has 0 atom stereocenters. The van der Waals surface area contributed by atoms with Crippen LogP contribution in [0.3, 0.4) is 0 Å². The maximum Gasteiger partial charge on any atom is 0.420 e. The van der Waals surface area contributed by atoms with Gasteiger partial charge in [-0.2, -0.15) is 13.2 Å². The summed E-state index contributed by atoms with van der Waals surface area (Å²) < 4.78 is 58.7. The molecule has 12 heteroatoms. The van der Waals surface area contributed by atoms with Gasteiger partial charge >= 0.3 is 12.3 Å². The van der Waals surface area contributed by atoms with Crippen LogP contribution in [0.1, 0.15) is 79.9 Å². The molecular formula is C33H37F3N4O5. The first-order valence-corrected chi connectivity index (χ1v) is 14.6. The van der Waals surface area contributed by atoms with E-state index >= 15 is 0 Å². The highest BCUT2D eigenvalue weighted by Gasteiger charge is 2.35. The van der Waals surface area contributed by atoms with E-state index in [0.717, 1.165) is 49.8 Å². The molecule has 0 aliphatic heterocycles. The summed E-state index contributed by atoms with van der Waals surface area (Å²) >= 11 is 0. The fourth-order valence-corrected chi connectivity index (χ4v) is 4.77. The second-order valence-electron chi connectivity index (χ2n) is 11.8. The summed E-state index contributed by atoms with van der Waals surface area (Å²) in [6, 6.07) is 14.1. The van der Waals surface area contributed by atoms with Gasteiger partial charge in [-0.25, -0.2) is 4.79 Å². The molecule has 3 aromatic rings. The van der Waals surface area contributed by atoms with Crippen LogP contribution in [0.25, 0.3) is 0 Å². The van der Waals surface area contributed by atoms with Crippen molar-refractivity contribution < 1.29 is 37.0 Å². The normalized spacial score (nSPS) is 13.9. The molecule has 45 heavy (non-hydrogen) atoms. The average molecular weight is 627 g/mol. The largest absolute Gasteiger partial charge is 0.457 e. The zero-order chi connectivity index (χ0) is 32.8. The second-order valence-corrected chi connectivity index (χ2v) is 11.8. The number of alkyl halides is 3. The summed E-state index contributed by atoms with van der Waals surface area (Å²) in [4.78, 5) is 25.2. The number of hydrogen-bond acceptors (Lipinski definition) is 6. The molecule has 0 bridgehead atoms. The first-order chi connectivity index (χ1) is 21.2. The van der Waals surface area contributed by atoms with Crippen molar-refractivity contribution in [3.8, 4) is 23.0 Å². The van der Waals surface area contributed by atoms with E-state index < -0.39 is 40.9 Å². The average Bonchev–Trinajstić information content (AvgIpc) is 2.96. The molecule has 1 aliphatic rings. The number of nitrogens with two attached hydrogens (primary N) is 1. The molecule has 4 rings (SSSR count). The predicted molar refractivity (Wildman–Crippen MR) is 163 cm³/mol. The number of nitrogen functional groups attached to an aromatic ring is 1. The molecule has 0 spiro atoms. The van der Waals surface area contributed by atoms with Crippen molar-refractivity contribution in [2.45, 2.75) is 77.2 Å². The van der Waals surface area contributed by atoms with Crippen LogP contribution in [0.5, 0.6) is 23.0 Å². The maximum atomic E-state index is 13.9. The van der Waals surface area contributed by atoms with Crippen LogP contribution in [0.2, 0.25) is 0 Å². The van der Waals surface area contributed by atoms with Crippen LogP contribution in [-0.4, -0.2) is 29.5 Å². The number of ether oxygens (including phenoxy) is 3. The molecule has 1 fully saturated rings. The number of carbonyl (C=O) groups is 2. The number of benzene rings is 3. The van der Waals surface area contributed by atoms with Gasteiger partial charge in [-0.1, -0.05) is 31.4 Å². The van der Waals surface area contributed by atoms with Gasteiger partial charge in [0.25, 0.3) is 5.91 Å². The van der Waals surface area contributed by atoms with Gasteiger partial charge in [0.15, 0.2) is 0 Å². The topological polar surface area (TPSA) is 136 Å². The third kappa shape index (κ3) is 9.88. The van der Waals surface area contributed by atoms with E-state index in [0.29, 0.717) is 5.75 Å². The minimum atomic E-state index is -4.80. The fourth-order valence-electron chi connectivity index (χ4n) is 4.77. The van der Waals surface area contributed by atoms with Gasteiger partial charge in [-0.3, -0.25) is 10.2 Å². The Balaban J connectivity index is 1.58.